The normalized spacial score (nSPS) is 45.0. The summed E-state index contributed by atoms with van der Waals surface area (Å²) in [5, 5.41) is 3.54. The average molecular weight is 155 g/mol. The van der Waals surface area contributed by atoms with Crippen molar-refractivity contribution in [3.63, 3.8) is 0 Å². The first-order chi connectivity index (χ1) is 5.31. The molecule has 0 aromatic carbocycles. The van der Waals surface area contributed by atoms with Gasteiger partial charge in [0.15, 0.2) is 0 Å². The first kappa shape index (κ1) is 7.56. The Morgan fingerprint density at radius 3 is 3.18 bits per heavy atom. The topological polar surface area (TPSA) is 21.3 Å². The minimum absolute atomic E-state index is 0.163. The zero-order valence-corrected chi connectivity index (χ0v) is 7.23. The van der Waals surface area contributed by atoms with Gasteiger partial charge in [-0.3, -0.25) is 0 Å². The summed E-state index contributed by atoms with van der Waals surface area (Å²) in [7, 11) is 0. The van der Waals surface area contributed by atoms with Gasteiger partial charge in [0.05, 0.1) is 12.2 Å². The van der Waals surface area contributed by atoms with E-state index in [0.717, 1.165) is 13.2 Å². The average Bonchev–Trinajstić information content (AvgIpc) is 2.03. The van der Waals surface area contributed by atoms with Gasteiger partial charge in [0, 0.05) is 12.6 Å². The fraction of sp³-hybridized carbons (Fsp3) is 1.00. The Labute approximate surface area is 68.3 Å². The molecule has 0 aromatic heterocycles. The first-order valence-corrected chi connectivity index (χ1v) is 4.69. The molecule has 1 saturated carbocycles. The van der Waals surface area contributed by atoms with Crippen LogP contribution in [0.4, 0.5) is 0 Å². The Balaban J connectivity index is 2.06. The van der Waals surface area contributed by atoms with Crippen LogP contribution in [0.1, 0.15) is 32.6 Å². The largest absolute Gasteiger partial charge is 0.372 e. The maximum atomic E-state index is 5.81. The molecule has 1 heterocycles. The van der Waals surface area contributed by atoms with E-state index in [2.05, 4.69) is 12.2 Å². The summed E-state index contributed by atoms with van der Waals surface area (Å²) in [4.78, 5) is 0. The van der Waals surface area contributed by atoms with Crippen molar-refractivity contribution in [3.8, 4) is 0 Å². The van der Waals surface area contributed by atoms with Crippen LogP contribution >= 0.6 is 0 Å². The molecular weight excluding hydrogens is 138 g/mol. The lowest BCUT2D eigenvalue weighted by Crippen LogP contribution is -2.57. The molecule has 64 valence electrons. The number of rotatable bonds is 0. The van der Waals surface area contributed by atoms with Gasteiger partial charge in [-0.15, -0.1) is 0 Å². The summed E-state index contributed by atoms with van der Waals surface area (Å²) in [5.74, 6) is 0. The van der Waals surface area contributed by atoms with Gasteiger partial charge in [-0.1, -0.05) is 12.8 Å². The second-order valence-corrected chi connectivity index (χ2v) is 3.91. The van der Waals surface area contributed by atoms with Gasteiger partial charge in [0.2, 0.25) is 0 Å². The molecule has 2 atom stereocenters. The number of morpholine rings is 1. The van der Waals surface area contributed by atoms with Crippen molar-refractivity contribution in [2.75, 3.05) is 13.2 Å². The molecule has 2 nitrogen and oxygen atoms in total. The van der Waals surface area contributed by atoms with Crippen LogP contribution in [0.2, 0.25) is 0 Å². The van der Waals surface area contributed by atoms with E-state index in [4.69, 9.17) is 4.74 Å². The minimum Gasteiger partial charge on any atom is -0.372 e. The van der Waals surface area contributed by atoms with Crippen molar-refractivity contribution >= 4 is 0 Å². The molecule has 1 N–H and O–H groups in total. The van der Waals surface area contributed by atoms with E-state index in [1.165, 1.54) is 25.7 Å². The van der Waals surface area contributed by atoms with Crippen molar-refractivity contribution in [1.29, 1.82) is 0 Å². The van der Waals surface area contributed by atoms with E-state index in [1.54, 1.807) is 0 Å². The maximum absolute atomic E-state index is 5.81. The zero-order chi connectivity index (χ0) is 7.73. The fourth-order valence-electron chi connectivity index (χ4n) is 2.31. The highest BCUT2D eigenvalue weighted by molar-refractivity contribution is 4.95. The van der Waals surface area contributed by atoms with E-state index >= 15 is 0 Å². The molecule has 1 aliphatic heterocycles. The summed E-state index contributed by atoms with van der Waals surface area (Å²) in [6.45, 7) is 4.19. The monoisotopic (exact) mass is 155 g/mol. The molecule has 2 unspecified atom stereocenters. The molecule has 2 rings (SSSR count). The van der Waals surface area contributed by atoms with Crippen LogP contribution in [0.5, 0.6) is 0 Å². The molecular formula is C9H17NO. The first-order valence-electron chi connectivity index (χ1n) is 4.69. The molecule has 0 bridgehead atoms. The Morgan fingerprint density at radius 2 is 2.36 bits per heavy atom. The van der Waals surface area contributed by atoms with Gasteiger partial charge in [-0.2, -0.15) is 0 Å². The Morgan fingerprint density at radius 1 is 1.45 bits per heavy atom. The molecule has 1 aliphatic carbocycles. The summed E-state index contributed by atoms with van der Waals surface area (Å²) < 4.78 is 5.81. The Bertz CT molecular complexity index is 134. The van der Waals surface area contributed by atoms with Crippen molar-refractivity contribution in [2.24, 2.45) is 0 Å². The van der Waals surface area contributed by atoms with Crippen LogP contribution in [0.15, 0.2) is 0 Å². The number of fused-ring (bicyclic) bond motifs is 1. The summed E-state index contributed by atoms with van der Waals surface area (Å²) in [5.41, 5.74) is 0.163. The van der Waals surface area contributed by atoms with Gasteiger partial charge in [-0.25, -0.2) is 0 Å². The lowest BCUT2D eigenvalue weighted by atomic mass is 9.81. The number of ether oxygens (including phenoxy) is 1. The zero-order valence-electron chi connectivity index (χ0n) is 7.23. The third-order valence-electron chi connectivity index (χ3n) is 3.08. The van der Waals surface area contributed by atoms with Crippen LogP contribution in [-0.4, -0.2) is 24.8 Å². The summed E-state index contributed by atoms with van der Waals surface area (Å²) >= 11 is 0. The van der Waals surface area contributed by atoms with E-state index < -0.39 is 0 Å². The third-order valence-corrected chi connectivity index (χ3v) is 3.08. The van der Waals surface area contributed by atoms with E-state index in [9.17, 15) is 0 Å². The molecule has 2 fully saturated rings. The molecule has 2 aliphatic rings. The predicted octanol–water partition coefficient (Wildman–Crippen LogP) is 1.31. The molecule has 0 spiro atoms. The fourth-order valence-corrected chi connectivity index (χ4v) is 2.31. The Hall–Kier alpha value is -0.0800. The van der Waals surface area contributed by atoms with E-state index in [0.29, 0.717) is 6.04 Å². The second kappa shape index (κ2) is 2.76. The summed E-state index contributed by atoms with van der Waals surface area (Å²) in [6.07, 6.45) is 5.26. The van der Waals surface area contributed by atoms with Gasteiger partial charge in [0.25, 0.3) is 0 Å². The van der Waals surface area contributed by atoms with E-state index in [-0.39, 0.29) is 5.60 Å². The van der Waals surface area contributed by atoms with Crippen LogP contribution < -0.4 is 5.32 Å². The smallest absolute Gasteiger partial charge is 0.0807 e. The van der Waals surface area contributed by atoms with Crippen LogP contribution in [0.25, 0.3) is 0 Å². The number of hydrogen-bond acceptors (Lipinski definition) is 2. The van der Waals surface area contributed by atoms with Crippen molar-refractivity contribution in [1.82, 2.24) is 5.32 Å². The highest BCUT2D eigenvalue weighted by atomic mass is 16.5. The van der Waals surface area contributed by atoms with E-state index in [1.807, 2.05) is 0 Å². The molecule has 0 radical (unpaired) electrons. The molecule has 1 saturated heterocycles. The Kier molecular flexibility index (Phi) is 1.90. The number of nitrogens with one attached hydrogen (secondary N) is 1. The second-order valence-electron chi connectivity index (χ2n) is 3.91. The lowest BCUT2D eigenvalue weighted by Gasteiger charge is -2.45. The van der Waals surface area contributed by atoms with Crippen molar-refractivity contribution in [3.05, 3.63) is 0 Å². The highest BCUT2D eigenvalue weighted by Gasteiger charge is 2.39. The standard InChI is InChI=1S/C9H17NO/c1-9-5-3-2-4-8(9)10-6-7-11-9/h8,10H,2-7H2,1H3. The van der Waals surface area contributed by atoms with Crippen LogP contribution in [0, 0.1) is 0 Å². The van der Waals surface area contributed by atoms with Gasteiger partial charge in [-0.05, 0) is 19.8 Å². The molecule has 2 heteroatoms. The van der Waals surface area contributed by atoms with Gasteiger partial charge >= 0.3 is 0 Å². The number of hydrogen-bond donors (Lipinski definition) is 1. The maximum Gasteiger partial charge on any atom is 0.0807 e. The lowest BCUT2D eigenvalue weighted by molar-refractivity contribution is -0.103. The minimum atomic E-state index is 0.163. The SMILES string of the molecule is CC12CCCCC1NCCO2. The van der Waals surface area contributed by atoms with Crippen LogP contribution in [0.3, 0.4) is 0 Å². The third kappa shape index (κ3) is 1.30. The molecule has 11 heavy (non-hydrogen) atoms. The predicted molar refractivity (Wildman–Crippen MR) is 44.6 cm³/mol. The van der Waals surface area contributed by atoms with Crippen molar-refractivity contribution in [2.45, 2.75) is 44.2 Å². The molecule has 0 amide bonds. The molecule has 0 aromatic rings. The highest BCUT2D eigenvalue weighted by Crippen LogP contribution is 2.32. The van der Waals surface area contributed by atoms with Crippen molar-refractivity contribution < 1.29 is 4.74 Å². The van der Waals surface area contributed by atoms with Crippen LogP contribution in [-0.2, 0) is 4.74 Å². The summed E-state index contributed by atoms with van der Waals surface area (Å²) in [6, 6.07) is 0.630. The van der Waals surface area contributed by atoms with Gasteiger partial charge < -0.3 is 10.1 Å². The quantitative estimate of drug-likeness (QED) is 0.569. The van der Waals surface area contributed by atoms with Gasteiger partial charge in [0.1, 0.15) is 0 Å².